The highest BCUT2D eigenvalue weighted by molar-refractivity contribution is 4.95. The predicted molar refractivity (Wildman–Crippen MR) is 49.3 cm³/mol. The molecule has 2 nitrogen and oxygen atoms in total. The molecule has 0 aromatic heterocycles. The van der Waals surface area contributed by atoms with Crippen LogP contribution in [0.4, 0.5) is 8.78 Å². The Balaban J connectivity index is 1.94. The van der Waals surface area contributed by atoms with E-state index < -0.39 is 5.92 Å². The first kappa shape index (κ1) is 10.3. The summed E-state index contributed by atoms with van der Waals surface area (Å²) in [7, 11) is 0. The van der Waals surface area contributed by atoms with E-state index in [0.717, 1.165) is 12.8 Å². The molecule has 1 aliphatic heterocycles. The third kappa shape index (κ3) is 1.91. The second-order valence-corrected chi connectivity index (χ2v) is 4.55. The van der Waals surface area contributed by atoms with E-state index in [1.165, 1.54) is 0 Å². The van der Waals surface area contributed by atoms with Crippen molar-refractivity contribution in [2.75, 3.05) is 6.54 Å². The highest BCUT2D eigenvalue weighted by Crippen LogP contribution is 2.46. The lowest BCUT2D eigenvalue weighted by Gasteiger charge is -2.36. The summed E-state index contributed by atoms with van der Waals surface area (Å²) in [6, 6.07) is 0. The van der Waals surface area contributed by atoms with Crippen LogP contribution in [0.1, 0.15) is 38.5 Å². The Hall–Kier alpha value is -0.220. The van der Waals surface area contributed by atoms with Crippen molar-refractivity contribution < 1.29 is 13.5 Å². The molecule has 0 bridgehead atoms. The highest BCUT2D eigenvalue weighted by atomic mass is 19.3. The number of rotatable bonds is 1. The maximum atomic E-state index is 12.9. The minimum Gasteiger partial charge on any atom is -0.370 e. The highest BCUT2D eigenvalue weighted by Gasteiger charge is 2.47. The lowest BCUT2D eigenvalue weighted by atomic mass is 9.81. The van der Waals surface area contributed by atoms with Crippen molar-refractivity contribution in [1.82, 2.24) is 0 Å². The minimum absolute atomic E-state index is 0.0235. The third-order valence-electron chi connectivity index (χ3n) is 3.49. The van der Waals surface area contributed by atoms with E-state index in [4.69, 9.17) is 10.5 Å². The van der Waals surface area contributed by atoms with Crippen molar-refractivity contribution in [3.8, 4) is 0 Å². The van der Waals surface area contributed by atoms with E-state index in [0.29, 0.717) is 19.4 Å². The van der Waals surface area contributed by atoms with E-state index >= 15 is 0 Å². The SMILES string of the molecule is NC[C@@H]1CCC2(CCC(F)(F)CC2)O1. The van der Waals surface area contributed by atoms with Crippen LogP contribution in [-0.2, 0) is 4.74 Å². The lowest BCUT2D eigenvalue weighted by molar-refractivity contribution is -0.125. The first-order valence-corrected chi connectivity index (χ1v) is 5.31. The maximum absolute atomic E-state index is 12.9. The van der Waals surface area contributed by atoms with E-state index in [-0.39, 0.29) is 24.5 Å². The van der Waals surface area contributed by atoms with Gasteiger partial charge in [0.05, 0.1) is 11.7 Å². The summed E-state index contributed by atoms with van der Waals surface area (Å²) in [4.78, 5) is 0. The van der Waals surface area contributed by atoms with Crippen molar-refractivity contribution in [3.05, 3.63) is 0 Å². The van der Waals surface area contributed by atoms with Gasteiger partial charge >= 0.3 is 0 Å². The normalized spacial score (nSPS) is 34.9. The molecule has 0 aromatic carbocycles. The molecule has 2 fully saturated rings. The molecule has 1 aliphatic carbocycles. The second kappa shape index (κ2) is 3.42. The Bertz CT molecular complexity index is 210. The van der Waals surface area contributed by atoms with Gasteiger partial charge in [-0.3, -0.25) is 0 Å². The average Bonchev–Trinajstić information content (AvgIpc) is 2.56. The molecule has 1 atom stereocenters. The topological polar surface area (TPSA) is 35.2 Å². The van der Waals surface area contributed by atoms with Gasteiger partial charge in [0.2, 0.25) is 5.92 Å². The molecule has 1 heterocycles. The van der Waals surface area contributed by atoms with Crippen LogP contribution < -0.4 is 5.73 Å². The number of hydrogen-bond donors (Lipinski definition) is 1. The maximum Gasteiger partial charge on any atom is 0.248 e. The zero-order valence-corrected chi connectivity index (χ0v) is 8.27. The molecule has 1 saturated carbocycles. The molecule has 2 N–H and O–H groups in total. The molecule has 0 radical (unpaired) electrons. The fourth-order valence-electron chi connectivity index (χ4n) is 2.50. The number of hydrogen-bond acceptors (Lipinski definition) is 2. The number of ether oxygens (including phenoxy) is 1. The molecule has 4 heteroatoms. The zero-order chi connectivity index (χ0) is 10.2. The van der Waals surface area contributed by atoms with Crippen LogP contribution in [0.3, 0.4) is 0 Å². The standard InChI is InChI=1S/C10H17F2NO/c11-10(12)5-3-9(4-6-10)2-1-8(7-13)14-9/h8H,1-7,13H2/t8-/m0/s1. The molecular weight excluding hydrogens is 188 g/mol. The smallest absolute Gasteiger partial charge is 0.248 e. The van der Waals surface area contributed by atoms with Crippen molar-refractivity contribution >= 4 is 0 Å². The summed E-state index contributed by atoms with van der Waals surface area (Å²) in [5.74, 6) is -2.46. The zero-order valence-electron chi connectivity index (χ0n) is 8.27. The Kier molecular flexibility index (Phi) is 2.52. The first-order valence-electron chi connectivity index (χ1n) is 5.31. The molecule has 1 saturated heterocycles. The van der Waals surface area contributed by atoms with Crippen LogP contribution in [0.2, 0.25) is 0 Å². The fourth-order valence-corrected chi connectivity index (χ4v) is 2.50. The third-order valence-corrected chi connectivity index (χ3v) is 3.49. The molecule has 14 heavy (non-hydrogen) atoms. The van der Waals surface area contributed by atoms with Crippen LogP contribution in [0, 0.1) is 0 Å². The Morgan fingerprint density at radius 2 is 1.79 bits per heavy atom. The van der Waals surface area contributed by atoms with E-state index in [2.05, 4.69) is 0 Å². The first-order chi connectivity index (χ1) is 6.55. The number of nitrogens with two attached hydrogens (primary N) is 1. The molecule has 2 aliphatic rings. The molecule has 2 rings (SSSR count). The summed E-state index contributed by atoms with van der Waals surface area (Å²) >= 11 is 0. The van der Waals surface area contributed by atoms with Crippen LogP contribution in [-0.4, -0.2) is 24.2 Å². The van der Waals surface area contributed by atoms with Crippen LogP contribution in [0.5, 0.6) is 0 Å². The Labute approximate surface area is 82.8 Å². The van der Waals surface area contributed by atoms with E-state index in [9.17, 15) is 8.78 Å². The second-order valence-electron chi connectivity index (χ2n) is 4.55. The van der Waals surface area contributed by atoms with Gasteiger partial charge in [-0.2, -0.15) is 0 Å². The Morgan fingerprint density at radius 1 is 1.14 bits per heavy atom. The van der Waals surface area contributed by atoms with E-state index in [1.807, 2.05) is 0 Å². The molecular formula is C10H17F2NO. The van der Waals surface area contributed by atoms with Crippen molar-refractivity contribution in [2.45, 2.75) is 56.2 Å². The molecule has 1 spiro atoms. The minimum atomic E-state index is -2.46. The van der Waals surface area contributed by atoms with E-state index in [1.54, 1.807) is 0 Å². The summed E-state index contributed by atoms with van der Waals surface area (Å²) in [6.07, 6.45) is 2.89. The number of alkyl halides is 2. The molecule has 0 unspecified atom stereocenters. The summed E-state index contributed by atoms with van der Waals surface area (Å²) in [6.45, 7) is 0.512. The van der Waals surface area contributed by atoms with Crippen LogP contribution in [0.15, 0.2) is 0 Å². The summed E-state index contributed by atoms with van der Waals surface area (Å²) in [5, 5.41) is 0. The molecule has 0 amide bonds. The van der Waals surface area contributed by atoms with Gasteiger partial charge in [0.1, 0.15) is 0 Å². The van der Waals surface area contributed by atoms with Crippen molar-refractivity contribution in [3.63, 3.8) is 0 Å². The summed E-state index contributed by atoms with van der Waals surface area (Å²) in [5.41, 5.74) is 5.25. The Morgan fingerprint density at radius 3 is 2.29 bits per heavy atom. The van der Waals surface area contributed by atoms with Crippen molar-refractivity contribution in [1.29, 1.82) is 0 Å². The van der Waals surface area contributed by atoms with Gasteiger partial charge in [0.25, 0.3) is 0 Å². The number of halogens is 2. The monoisotopic (exact) mass is 205 g/mol. The van der Waals surface area contributed by atoms with Crippen LogP contribution in [0.25, 0.3) is 0 Å². The van der Waals surface area contributed by atoms with Gasteiger partial charge in [0.15, 0.2) is 0 Å². The van der Waals surface area contributed by atoms with Gasteiger partial charge in [-0.05, 0) is 25.7 Å². The van der Waals surface area contributed by atoms with Gasteiger partial charge in [0, 0.05) is 19.4 Å². The lowest BCUT2D eigenvalue weighted by Crippen LogP contribution is -2.39. The predicted octanol–water partition coefficient (Wildman–Crippen LogP) is 2.07. The van der Waals surface area contributed by atoms with Gasteiger partial charge in [-0.15, -0.1) is 0 Å². The van der Waals surface area contributed by atoms with Gasteiger partial charge in [-0.25, -0.2) is 8.78 Å². The largest absolute Gasteiger partial charge is 0.370 e. The quantitative estimate of drug-likeness (QED) is 0.711. The molecule has 0 aromatic rings. The van der Waals surface area contributed by atoms with Crippen molar-refractivity contribution in [2.24, 2.45) is 5.73 Å². The fraction of sp³-hybridized carbons (Fsp3) is 1.00. The molecule has 82 valence electrons. The van der Waals surface area contributed by atoms with Gasteiger partial charge in [-0.1, -0.05) is 0 Å². The summed E-state index contributed by atoms with van der Waals surface area (Å²) < 4.78 is 31.7. The average molecular weight is 205 g/mol. The van der Waals surface area contributed by atoms with Gasteiger partial charge < -0.3 is 10.5 Å². The van der Waals surface area contributed by atoms with Crippen LogP contribution >= 0.6 is 0 Å².